The Morgan fingerprint density at radius 1 is 0.794 bits per heavy atom. The van der Waals surface area contributed by atoms with E-state index in [0.29, 0.717) is 17.9 Å². The Balaban J connectivity index is 1.58. The van der Waals surface area contributed by atoms with Crippen molar-refractivity contribution < 1.29 is 19.0 Å². The number of rotatable bonds is 5. The van der Waals surface area contributed by atoms with Crippen LogP contribution in [0, 0.1) is 5.92 Å². The zero-order valence-corrected chi connectivity index (χ0v) is 19.5. The fourth-order valence-corrected chi connectivity index (χ4v) is 4.89. The SMILES string of the molecule is COc1ccc(C2Nc3ccccc3NC3=CC(c4ccc(OC)c(OC)c4)CC(=O)C32)cc1. The lowest BCUT2D eigenvalue weighted by Crippen LogP contribution is -2.33. The van der Waals surface area contributed by atoms with Crippen molar-refractivity contribution in [3.63, 3.8) is 0 Å². The Bertz CT molecular complexity index is 1240. The molecular weight excluding hydrogens is 428 g/mol. The van der Waals surface area contributed by atoms with E-state index in [9.17, 15) is 4.79 Å². The third-order valence-electron chi connectivity index (χ3n) is 6.64. The zero-order chi connectivity index (χ0) is 23.7. The van der Waals surface area contributed by atoms with Crippen molar-refractivity contribution >= 4 is 17.2 Å². The van der Waals surface area contributed by atoms with E-state index in [1.165, 1.54) is 0 Å². The van der Waals surface area contributed by atoms with Gasteiger partial charge in [-0.15, -0.1) is 0 Å². The van der Waals surface area contributed by atoms with Gasteiger partial charge < -0.3 is 24.8 Å². The van der Waals surface area contributed by atoms with Crippen LogP contribution in [-0.2, 0) is 4.79 Å². The molecule has 0 aromatic heterocycles. The number of hydrogen-bond donors (Lipinski definition) is 2. The van der Waals surface area contributed by atoms with Crippen molar-refractivity contribution in [2.24, 2.45) is 5.92 Å². The average Bonchev–Trinajstić information content (AvgIpc) is 3.05. The molecular formula is C28H28N2O4. The molecule has 3 aromatic rings. The Kier molecular flexibility index (Phi) is 5.88. The quantitative estimate of drug-likeness (QED) is 0.525. The number of carbonyl (C=O) groups is 1. The monoisotopic (exact) mass is 456 g/mol. The largest absolute Gasteiger partial charge is 0.497 e. The van der Waals surface area contributed by atoms with Gasteiger partial charge in [-0.2, -0.15) is 0 Å². The lowest BCUT2D eigenvalue weighted by molar-refractivity contribution is -0.122. The Hall–Kier alpha value is -3.93. The molecule has 1 aliphatic heterocycles. The minimum Gasteiger partial charge on any atom is -0.497 e. The molecule has 0 fully saturated rings. The van der Waals surface area contributed by atoms with E-state index in [0.717, 1.165) is 33.9 Å². The number of methoxy groups -OCH3 is 3. The summed E-state index contributed by atoms with van der Waals surface area (Å²) in [6.07, 6.45) is 2.60. The van der Waals surface area contributed by atoms with E-state index < -0.39 is 0 Å². The van der Waals surface area contributed by atoms with Crippen molar-refractivity contribution in [3.05, 3.63) is 89.6 Å². The Morgan fingerprint density at radius 3 is 2.21 bits per heavy atom. The summed E-state index contributed by atoms with van der Waals surface area (Å²) in [5.41, 5.74) is 4.89. The van der Waals surface area contributed by atoms with Crippen molar-refractivity contribution in [2.45, 2.75) is 18.4 Å². The topological polar surface area (TPSA) is 68.8 Å². The molecule has 0 amide bonds. The molecule has 1 heterocycles. The van der Waals surface area contributed by atoms with Crippen LogP contribution in [0.15, 0.2) is 78.5 Å². The second-order valence-electron chi connectivity index (χ2n) is 8.56. The minimum atomic E-state index is -0.336. The first kappa shape index (κ1) is 21.9. The first-order chi connectivity index (χ1) is 16.6. The van der Waals surface area contributed by atoms with Crippen LogP contribution in [0.1, 0.15) is 29.5 Å². The van der Waals surface area contributed by atoms with Crippen LogP contribution >= 0.6 is 0 Å². The second kappa shape index (κ2) is 9.14. The highest BCUT2D eigenvalue weighted by Crippen LogP contribution is 2.45. The Morgan fingerprint density at radius 2 is 1.50 bits per heavy atom. The molecule has 2 aliphatic rings. The van der Waals surface area contributed by atoms with Gasteiger partial charge in [0.2, 0.25) is 0 Å². The van der Waals surface area contributed by atoms with Crippen LogP contribution in [-0.4, -0.2) is 27.1 Å². The maximum Gasteiger partial charge on any atom is 0.161 e. The van der Waals surface area contributed by atoms with Gasteiger partial charge in [0.15, 0.2) is 11.5 Å². The maximum atomic E-state index is 13.7. The summed E-state index contributed by atoms with van der Waals surface area (Å²) in [6.45, 7) is 0. The molecule has 3 aromatic carbocycles. The van der Waals surface area contributed by atoms with E-state index in [4.69, 9.17) is 14.2 Å². The van der Waals surface area contributed by atoms with Crippen LogP contribution in [0.3, 0.4) is 0 Å². The third-order valence-corrected chi connectivity index (χ3v) is 6.64. The number of para-hydroxylation sites is 2. The van der Waals surface area contributed by atoms with Gasteiger partial charge in [0.1, 0.15) is 11.5 Å². The van der Waals surface area contributed by atoms with Crippen LogP contribution in [0.4, 0.5) is 11.4 Å². The molecule has 0 spiro atoms. The third kappa shape index (κ3) is 3.96. The van der Waals surface area contributed by atoms with Gasteiger partial charge in [-0.25, -0.2) is 0 Å². The zero-order valence-electron chi connectivity index (χ0n) is 19.5. The first-order valence-corrected chi connectivity index (χ1v) is 11.3. The van der Waals surface area contributed by atoms with Crippen LogP contribution in [0.2, 0.25) is 0 Å². The standard InChI is InChI=1S/C28H28N2O4/c1-32-20-11-8-17(9-12-20)28-27-23(29-21-6-4-5-7-22(21)30-28)14-19(15-24(27)31)18-10-13-25(33-2)26(16-18)34-3/h4-14,16,19,27-30H,15H2,1-3H3. The predicted octanol–water partition coefficient (Wildman–Crippen LogP) is 5.55. The normalized spacial score (nSPS) is 21.1. The smallest absolute Gasteiger partial charge is 0.161 e. The predicted molar refractivity (Wildman–Crippen MR) is 133 cm³/mol. The van der Waals surface area contributed by atoms with Gasteiger partial charge in [-0.3, -0.25) is 4.79 Å². The number of allylic oxidation sites excluding steroid dienone is 1. The van der Waals surface area contributed by atoms with Gasteiger partial charge in [-0.1, -0.05) is 36.4 Å². The highest BCUT2D eigenvalue weighted by Gasteiger charge is 2.39. The summed E-state index contributed by atoms with van der Waals surface area (Å²) < 4.78 is 16.2. The average molecular weight is 457 g/mol. The summed E-state index contributed by atoms with van der Waals surface area (Å²) >= 11 is 0. The molecule has 2 N–H and O–H groups in total. The molecule has 0 radical (unpaired) electrons. The minimum absolute atomic E-state index is 0.0622. The van der Waals surface area contributed by atoms with Crippen LogP contribution in [0.5, 0.6) is 17.2 Å². The summed E-state index contributed by atoms with van der Waals surface area (Å²) in [4.78, 5) is 13.7. The van der Waals surface area contributed by atoms with E-state index in [-0.39, 0.29) is 23.7 Å². The van der Waals surface area contributed by atoms with Gasteiger partial charge in [0.05, 0.1) is 44.7 Å². The molecule has 0 saturated carbocycles. The van der Waals surface area contributed by atoms with Crippen LogP contribution in [0.25, 0.3) is 0 Å². The van der Waals surface area contributed by atoms with Crippen molar-refractivity contribution in [2.75, 3.05) is 32.0 Å². The second-order valence-corrected chi connectivity index (χ2v) is 8.56. The number of ketones is 1. The van der Waals surface area contributed by atoms with Crippen molar-refractivity contribution in [1.29, 1.82) is 0 Å². The number of nitrogens with one attached hydrogen (secondary N) is 2. The van der Waals surface area contributed by atoms with Gasteiger partial charge in [0, 0.05) is 18.0 Å². The molecule has 3 unspecified atom stereocenters. The van der Waals surface area contributed by atoms with E-state index in [1.807, 2.05) is 66.7 Å². The number of hydrogen-bond acceptors (Lipinski definition) is 6. The maximum absolute atomic E-state index is 13.7. The molecule has 1 aliphatic carbocycles. The van der Waals surface area contributed by atoms with E-state index in [2.05, 4.69) is 16.7 Å². The summed E-state index contributed by atoms with van der Waals surface area (Å²) in [5, 5.41) is 7.19. The summed E-state index contributed by atoms with van der Waals surface area (Å²) in [6, 6.07) is 21.6. The molecule has 5 rings (SSSR count). The highest BCUT2D eigenvalue weighted by molar-refractivity contribution is 5.90. The molecule has 3 atom stereocenters. The molecule has 0 bridgehead atoms. The lowest BCUT2D eigenvalue weighted by atomic mass is 9.76. The van der Waals surface area contributed by atoms with Gasteiger partial charge in [-0.05, 0) is 47.5 Å². The first-order valence-electron chi connectivity index (χ1n) is 11.3. The lowest BCUT2D eigenvalue weighted by Gasteiger charge is -2.32. The molecule has 174 valence electrons. The number of fused-ring (bicyclic) bond motifs is 2. The van der Waals surface area contributed by atoms with E-state index in [1.54, 1.807) is 21.3 Å². The summed E-state index contributed by atoms with van der Waals surface area (Å²) in [5.74, 6) is 1.90. The van der Waals surface area contributed by atoms with Crippen molar-refractivity contribution in [3.8, 4) is 17.2 Å². The number of Topliss-reactive ketones (excluding diaryl/α,β-unsaturated/α-hetero) is 1. The van der Waals surface area contributed by atoms with Gasteiger partial charge >= 0.3 is 0 Å². The highest BCUT2D eigenvalue weighted by atomic mass is 16.5. The van der Waals surface area contributed by atoms with Gasteiger partial charge in [0.25, 0.3) is 0 Å². The fraction of sp³-hybridized carbons (Fsp3) is 0.250. The number of anilines is 2. The summed E-state index contributed by atoms with van der Waals surface area (Å²) in [7, 11) is 4.89. The fourth-order valence-electron chi connectivity index (χ4n) is 4.89. The van der Waals surface area contributed by atoms with E-state index >= 15 is 0 Å². The number of ether oxygens (including phenoxy) is 3. The number of carbonyl (C=O) groups excluding carboxylic acids is 1. The molecule has 34 heavy (non-hydrogen) atoms. The Labute approximate surface area is 199 Å². The van der Waals surface area contributed by atoms with Crippen LogP contribution < -0.4 is 24.8 Å². The number of benzene rings is 3. The molecule has 6 nitrogen and oxygen atoms in total. The van der Waals surface area contributed by atoms with Crippen molar-refractivity contribution in [1.82, 2.24) is 0 Å². The molecule has 6 heteroatoms. The molecule has 0 saturated heterocycles.